The van der Waals surface area contributed by atoms with Crippen molar-refractivity contribution >= 4 is 0 Å². The summed E-state index contributed by atoms with van der Waals surface area (Å²) < 4.78 is 5.51. The van der Waals surface area contributed by atoms with Crippen molar-refractivity contribution in [3.8, 4) is 0 Å². The van der Waals surface area contributed by atoms with Gasteiger partial charge >= 0.3 is 0 Å². The second kappa shape index (κ2) is 11.7. The molecule has 19 heavy (non-hydrogen) atoms. The van der Waals surface area contributed by atoms with E-state index < -0.39 is 5.79 Å². The molecule has 2 N–H and O–H groups in total. The molecule has 0 aliphatic carbocycles. The van der Waals surface area contributed by atoms with Crippen LogP contribution < -0.4 is 0 Å². The molecule has 0 spiro atoms. The largest absolute Gasteiger partial charge is 0.381 e. The third-order valence-corrected chi connectivity index (χ3v) is 3.09. The van der Waals surface area contributed by atoms with Crippen molar-refractivity contribution in [2.45, 2.75) is 77.9 Å². The topological polar surface area (TPSA) is 49.7 Å². The Morgan fingerprint density at radius 1 is 0.947 bits per heavy atom. The van der Waals surface area contributed by atoms with E-state index in [1.165, 1.54) is 45.4 Å². The standard InChI is InChI=1S/C16H33O3/c1-15(2)11-7-5-4-6-9-13-19-14-10-8-12-16(3,17)18/h12,15,17-18H,4-11,13-14H2,1-3H3. The zero-order valence-electron chi connectivity index (χ0n) is 13.0. The van der Waals surface area contributed by atoms with Gasteiger partial charge in [-0.15, -0.1) is 0 Å². The Morgan fingerprint density at radius 2 is 1.53 bits per heavy atom. The molecule has 0 aromatic carbocycles. The monoisotopic (exact) mass is 273 g/mol. The molecule has 0 aliphatic rings. The summed E-state index contributed by atoms with van der Waals surface area (Å²) in [5.74, 6) is -0.810. The van der Waals surface area contributed by atoms with E-state index >= 15 is 0 Å². The zero-order valence-corrected chi connectivity index (χ0v) is 13.0. The van der Waals surface area contributed by atoms with Crippen LogP contribution in [0, 0.1) is 12.3 Å². The van der Waals surface area contributed by atoms with Gasteiger partial charge in [0.05, 0.1) is 0 Å². The van der Waals surface area contributed by atoms with E-state index in [2.05, 4.69) is 13.8 Å². The number of aliphatic hydroxyl groups is 2. The van der Waals surface area contributed by atoms with E-state index in [4.69, 9.17) is 14.9 Å². The lowest BCUT2D eigenvalue weighted by molar-refractivity contribution is -0.117. The highest BCUT2D eigenvalue weighted by Crippen LogP contribution is 2.11. The molecular formula is C16H33O3. The van der Waals surface area contributed by atoms with Crippen molar-refractivity contribution < 1.29 is 14.9 Å². The third-order valence-electron chi connectivity index (χ3n) is 3.09. The maximum atomic E-state index is 9.05. The van der Waals surface area contributed by atoms with Crippen LogP contribution >= 0.6 is 0 Å². The van der Waals surface area contributed by atoms with Crippen molar-refractivity contribution in [1.82, 2.24) is 0 Å². The first kappa shape index (κ1) is 18.9. The van der Waals surface area contributed by atoms with Crippen LogP contribution in [0.25, 0.3) is 0 Å². The van der Waals surface area contributed by atoms with Crippen molar-refractivity contribution in [3.63, 3.8) is 0 Å². The number of unbranched alkanes of at least 4 members (excludes halogenated alkanes) is 5. The minimum absolute atomic E-state index is 0.679. The van der Waals surface area contributed by atoms with Crippen LogP contribution in [0.1, 0.15) is 72.1 Å². The van der Waals surface area contributed by atoms with Crippen LogP contribution in [0.3, 0.4) is 0 Å². The average Bonchev–Trinajstić information content (AvgIpc) is 2.28. The summed E-state index contributed by atoms with van der Waals surface area (Å²) in [7, 11) is 0. The predicted octanol–water partition coefficient (Wildman–Crippen LogP) is 3.68. The molecule has 0 atom stereocenters. The van der Waals surface area contributed by atoms with Crippen molar-refractivity contribution in [3.05, 3.63) is 6.42 Å². The van der Waals surface area contributed by atoms with Gasteiger partial charge in [-0.25, -0.2) is 0 Å². The SMILES string of the molecule is CC(C)CCCCCCCOCCC[CH]C(C)(O)O. The average molecular weight is 273 g/mol. The van der Waals surface area contributed by atoms with Gasteiger partial charge in [-0.05, 0) is 32.1 Å². The lowest BCUT2D eigenvalue weighted by Gasteiger charge is -2.14. The minimum atomic E-state index is -1.64. The Labute approximate surface area is 119 Å². The summed E-state index contributed by atoms with van der Waals surface area (Å²) >= 11 is 0. The van der Waals surface area contributed by atoms with Crippen LogP contribution in [0.15, 0.2) is 0 Å². The first-order valence-corrected chi connectivity index (χ1v) is 7.78. The fraction of sp³-hybridized carbons (Fsp3) is 0.938. The second-order valence-corrected chi connectivity index (χ2v) is 6.00. The van der Waals surface area contributed by atoms with Gasteiger partial charge in [0.1, 0.15) is 0 Å². The van der Waals surface area contributed by atoms with Gasteiger partial charge in [-0.3, -0.25) is 0 Å². The highest BCUT2D eigenvalue weighted by atomic mass is 16.5. The quantitative estimate of drug-likeness (QED) is 0.397. The fourth-order valence-corrected chi connectivity index (χ4v) is 1.95. The van der Waals surface area contributed by atoms with Crippen LogP contribution in [0.4, 0.5) is 0 Å². The normalized spacial score (nSPS) is 12.3. The molecule has 0 aromatic heterocycles. The Hall–Kier alpha value is -0.120. The van der Waals surface area contributed by atoms with Gasteiger partial charge in [-0.2, -0.15) is 0 Å². The molecular weight excluding hydrogens is 240 g/mol. The molecule has 0 saturated heterocycles. The van der Waals surface area contributed by atoms with E-state index in [1.807, 2.05) is 0 Å². The molecule has 0 aromatic rings. The van der Waals surface area contributed by atoms with E-state index in [0.717, 1.165) is 25.4 Å². The molecule has 0 fully saturated rings. The number of hydrogen-bond acceptors (Lipinski definition) is 3. The Balaban J connectivity index is 3.03. The lowest BCUT2D eigenvalue weighted by atomic mass is 10.0. The van der Waals surface area contributed by atoms with Crippen molar-refractivity contribution in [1.29, 1.82) is 0 Å². The Bertz CT molecular complexity index is 185. The number of rotatable bonds is 13. The molecule has 0 rings (SSSR count). The van der Waals surface area contributed by atoms with Crippen molar-refractivity contribution in [2.24, 2.45) is 5.92 Å². The molecule has 0 bridgehead atoms. The van der Waals surface area contributed by atoms with Gasteiger partial charge in [0.15, 0.2) is 5.79 Å². The number of hydrogen-bond donors (Lipinski definition) is 2. The summed E-state index contributed by atoms with van der Waals surface area (Å²) in [6.45, 7) is 7.47. The highest BCUT2D eigenvalue weighted by Gasteiger charge is 2.13. The van der Waals surface area contributed by atoms with Crippen LogP contribution in [-0.4, -0.2) is 29.2 Å². The van der Waals surface area contributed by atoms with Crippen LogP contribution in [0.5, 0.6) is 0 Å². The molecule has 0 aliphatic heterocycles. The van der Waals surface area contributed by atoms with Crippen LogP contribution in [-0.2, 0) is 4.74 Å². The van der Waals surface area contributed by atoms with Gasteiger partial charge < -0.3 is 14.9 Å². The second-order valence-electron chi connectivity index (χ2n) is 6.00. The summed E-state index contributed by atoms with van der Waals surface area (Å²) in [5, 5.41) is 18.1. The Morgan fingerprint density at radius 3 is 2.16 bits per heavy atom. The molecule has 0 amide bonds. The molecule has 0 heterocycles. The van der Waals surface area contributed by atoms with E-state index in [9.17, 15) is 0 Å². The fourth-order valence-electron chi connectivity index (χ4n) is 1.95. The lowest BCUT2D eigenvalue weighted by Crippen LogP contribution is -2.23. The predicted molar refractivity (Wildman–Crippen MR) is 79.7 cm³/mol. The first-order valence-electron chi connectivity index (χ1n) is 7.78. The summed E-state index contributed by atoms with van der Waals surface area (Å²) in [4.78, 5) is 0. The summed E-state index contributed by atoms with van der Waals surface area (Å²) in [6, 6.07) is 0. The first-order chi connectivity index (χ1) is 8.92. The van der Waals surface area contributed by atoms with Crippen molar-refractivity contribution in [2.75, 3.05) is 13.2 Å². The maximum absolute atomic E-state index is 9.05. The molecule has 0 saturated carbocycles. The Kier molecular flexibility index (Phi) is 11.6. The van der Waals surface area contributed by atoms with Gasteiger partial charge in [-0.1, -0.05) is 46.0 Å². The molecule has 3 nitrogen and oxygen atoms in total. The molecule has 1 radical (unpaired) electrons. The van der Waals surface area contributed by atoms with Gasteiger partial charge in [0.25, 0.3) is 0 Å². The zero-order chi connectivity index (χ0) is 14.6. The maximum Gasteiger partial charge on any atom is 0.162 e. The van der Waals surface area contributed by atoms with E-state index in [1.54, 1.807) is 0 Å². The number of ether oxygens (including phenoxy) is 1. The molecule has 115 valence electrons. The van der Waals surface area contributed by atoms with E-state index in [0.29, 0.717) is 13.0 Å². The highest BCUT2D eigenvalue weighted by molar-refractivity contribution is 4.77. The van der Waals surface area contributed by atoms with Crippen LogP contribution in [0.2, 0.25) is 0 Å². The van der Waals surface area contributed by atoms with Gasteiger partial charge in [0, 0.05) is 19.6 Å². The summed E-state index contributed by atoms with van der Waals surface area (Å²) in [5.41, 5.74) is 0. The molecule has 0 unspecified atom stereocenters. The van der Waals surface area contributed by atoms with E-state index in [-0.39, 0.29) is 0 Å². The van der Waals surface area contributed by atoms with Gasteiger partial charge in [0.2, 0.25) is 0 Å². The molecule has 3 heteroatoms. The minimum Gasteiger partial charge on any atom is -0.381 e. The smallest absolute Gasteiger partial charge is 0.162 e. The summed E-state index contributed by atoms with van der Waals surface area (Å²) in [6.07, 6.45) is 10.8. The third kappa shape index (κ3) is 17.9.